The van der Waals surface area contributed by atoms with E-state index in [0.717, 1.165) is 23.9 Å². The van der Waals surface area contributed by atoms with Crippen molar-refractivity contribution >= 4 is 0 Å². The lowest BCUT2D eigenvalue weighted by atomic mass is 9.84. The monoisotopic (exact) mass is 250 g/mol. The zero-order valence-corrected chi connectivity index (χ0v) is 12.6. The van der Waals surface area contributed by atoms with Gasteiger partial charge in [-0.3, -0.25) is 4.90 Å². The van der Waals surface area contributed by atoms with Crippen LogP contribution >= 0.6 is 0 Å². The van der Waals surface area contributed by atoms with E-state index < -0.39 is 0 Å². The lowest BCUT2D eigenvalue weighted by molar-refractivity contribution is 0.0395. The molecule has 1 N–H and O–H groups in total. The summed E-state index contributed by atoms with van der Waals surface area (Å²) < 4.78 is 0. The molecule has 0 aromatic rings. The van der Waals surface area contributed by atoms with Gasteiger partial charge < -0.3 is 5.32 Å². The van der Waals surface area contributed by atoms with Gasteiger partial charge in [-0.05, 0) is 49.9 Å². The Hall–Kier alpha value is -0.0800. The van der Waals surface area contributed by atoms with E-state index in [1.54, 1.807) is 0 Å². The smallest absolute Gasteiger partial charge is 0.0244 e. The topological polar surface area (TPSA) is 15.3 Å². The van der Waals surface area contributed by atoms with Gasteiger partial charge in [0.05, 0.1) is 0 Å². The number of rotatable bonds is 3. The standard InChI is InChI=1S/C16H30N2/c1-11-9-17-14(16(2,3)4)10-18(11)15(12-5-6-12)13-7-8-13/h11-15,17H,5-10H2,1-4H3. The van der Waals surface area contributed by atoms with Crippen LogP contribution in [0.3, 0.4) is 0 Å². The molecule has 2 atom stereocenters. The van der Waals surface area contributed by atoms with E-state index in [1.807, 2.05) is 0 Å². The molecule has 1 heterocycles. The molecular formula is C16H30N2. The minimum absolute atomic E-state index is 0.385. The molecule has 0 spiro atoms. The van der Waals surface area contributed by atoms with Gasteiger partial charge in [-0.2, -0.15) is 0 Å². The number of nitrogens with one attached hydrogen (secondary N) is 1. The molecule has 0 aromatic carbocycles. The van der Waals surface area contributed by atoms with Gasteiger partial charge in [0.1, 0.15) is 0 Å². The Kier molecular flexibility index (Phi) is 3.22. The molecule has 1 saturated heterocycles. The fraction of sp³-hybridized carbons (Fsp3) is 1.00. The van der Waals surface area contributed by atoms with Crippen LogP contribution in [-0.4, -0.2) is 36.1 Å². The van der Waals surface area contributed by atoms with Gasteiger partial charge in [-0.25, -0.2) is 0 Å². The molecule has 18 heavy (non-hydrogen) atoms. The molecular weight excluding hydrogens is 220 g/mol. The third kappa shape index (κ3) is 2.60. The van der Waals surface area contributed by atoms with Crippen molar-refractivity contribution in [2.75, 3.05) is 13.1 Å². The Bertz CT molecular complexity index is 287. The van der Waals surface area contributed by atoms with Crippen LogP contribution in [0.5, 0.6) is 0 Å². The Morgan fingerprint density at radius 1 is 1.06 bits per heavy atom. The highest BCUT2D eigenvalue weighted by Gasteiger charge is 2.47. The molecule has 2 aliphatic carbocycles. The fourth-order valence-corrected chi connectivity index (χ4v) is 3.68. The maximum absolute atomic E-state index is 3.77. The SMILES string of the molecule is CC1CNC(C(C)(C)C)CN1C(C1CC1)C1CC1. The summed E-state index contributed by atoms with van der Waals surface area (Å²) in [6, 6.07) is 2.32. The van der Waals surface area contributed by atoms with Crippen molar-refractivity contribution in [1.29, 1.82) is 0 Å². The second-order valence-electron chi connectivity index (χ2n) is 8.04. The van der Waals surface area contributed by atoms with E-state index in [4.69, 9.17) is 0 Å². The molecule has 0 radical (unpaired) electrons. The molecule has 0 amide bonds. The zero-order valence-electron chi connectivity index (χ0n) is 12.6. The molecule has 2 unspecified atom stereocenters. The Morgan fingerprint density at radius 3 is 2.06 bits per heavy atom. The quantitative estimate of drug-likeness (QED) is 0.828. The van der Waals surface area contributed by atoms with E-state index in [2.05, 4.69) is 37.9 Å². The van der Waals surface area contributed by atoms with E-state index in [9.17, 15) is 0 Å². The normalized spacial score (nSPS) is 35.2. The van der Waals surface area contributed by atoms with Crippen LogP contribution in [0.2, 0.25) is 0 Å². The first-order valence-corrected chi connectivity index (χ1v) is 7.96. The summed E-state index contributed by atoms with van der Waals surface area (Å²) in [6.45, 7) is 12.0. The summed E-state index contributed by atoms with van der Waals surface area (Å²) in [4.78, 5) is 2.88. The lowest BCUT2D eigenvalue weighted by Crippen LogP contribution is -2.62. The Balaban J connectivity index is 1.71. The Morgan fingerprint density at radius 2 is 1.61 bits per heavy atom. The second kappa shape index (κ2) is 4.49. The fourth-order valence-electron chi connectivity index (χ4n) is 3.68. The van der Waals surface area contributed by atoms with Crippen LogP contribution in [0, 0.1) is 17.3 Å². The first kappa shape index (κ1) is 12.9. The summed E-state index contributed by atoms with van der Waals surface area (Å²) >= 11 is 0. The van der Waals surface area contributed by atoms with Crippen LogP contribution in [0.15, 0.2) is 0 Å². The molecule has 1 aliphatic heterocycles. The lowest BCUT2D eigenvalue weighted by Gasteiger charge is -2.47. The van der Waals surface area contributed by atoms with Gasteiger partial charge in [0.25, 0.3) is 0 Å². The summed E-state index contributed by atoms with van der Waals surface area (Å²) in [7, 11) is 0. The van der Waals surface area contributed by atoms with Gasteiger partial charge in [0.15, 0.2) is 0 Å². The number of nitrogens with zero attached hydrogens (tertiary/aromatic N) is 1. The number of hydrogen-bond acceptors (Lipinski definition) is 2. The van der Waals surface area contributed by atoms with E-state index in [0.29, 0.717) is 11.5 Å². The average Bonchev–Trinajstić information content (AvgIpc) is 3.12. The average molecular weight is 250 g/mol. The molecule has 2 heteroatoms. The van der Waals surface area contributed by atoms with Crippen molar-refractivity contribution < 1.29 is 0 Å². The molecule has 3 aliphatic rings. The third-order valence-electron chi connectivity index (χ3n) is 5.26. The van der Waals surface area contributed by atoms with E-state index >= 15 is 0 Å². The molecule has 2 nitrogen and oxygen atoms in total. The van der Waals surface area contributed by atoms with Crippen LogP contribution in [0.4, 0.5) is 0 Å². The van der Waals surface area contributed by atoms with E-state index in [-0.39, 0.29) is 0 Å². The second-order valence-corrected chi connectivity index (χ2v) is 8.04. The van der Waals surface area contributed by atoms with Gasteiger partial charge in [0.2, 0.25) is 0 Å². The van der Waals surface area contributed by atoms with Gasteiger partial charge in [-0.15, -0.1) is 0 Å². The van der Waals surface area contributed by atoms with Gasteiger partial charge in [0, 0.05) is 31.2 Å². The van der Waals surface area contributed by atoms with Crippen molar-refractivity contribution in [1.82, 2.24) is 10.2 Å². The molecule has 3 rings (SSSR count). The summed E-state index contributed by atoms with van der Waals surface area (Å²) in [5, 5.41) is 3.77. The van der Waals surface area contributed by atoms with Crippen molar-refractivity contribution in [3.63, 3.8) is 0 Å². The van der Waals surface area contributed by atoms with Crippen LogP contribution in [0.1, 0.15) is 53.4 Å². The first-order chi connectivity index (χ1) is 8.47. The van der Waals surface area contributed by atoms with E-state index in [1.165, 1.54) is 38.8 Å². The summed E-state index contributed by atoms with van der Waals surface area (Å²) in [5.41, 5.74) is 0.385. The van der Waals surface area contributed by atoms with Crippen molar-refractivity contribution in [3.05, 3.63) is 0 Å². The molecule has 3 fully saturated rings. The highest BCUT2D eigenvalue weighted by atomic mass is 15.3. The summed E-state index contributed by atoms with van der Waals surface area (Å²) in [5.74, 6) is 2.08. The van der Waals surface area contributed by atoms with Gasteiger partial charge in [-0.1, -0.05) is 20.8 Å². The minimum Gasteiger partial charge on any atom is -0.311 e. The Labute approximate surface area is 113 Å². The highest BCUT2D eigenvalue weighted by Crippen LogP contribution is 2.48. The van der Waals surface area contributed by atoms with Crippen LogP contribution in [-0.2, 0) is 0 Å². The minimum atomic E-state index is 0.385. The maximum atomic E-state index is 3.77. The summed E-state index contributed by atoms with van der Waals surface area (Å²) in [6.07, 6.45) is 5.99. The van der Waals surface area contributed by atoms with Crippen molar-refractivity contribution in [3.8, 4) is 0 Å². The van der Waals surface area contributed by atoms with Crippen molar-refractivity contribution in [2.24, 2.45) is 17.3 Å². The third-order valence-corrected chi connectivity index (χ3v) is 5.26. The largest absolute Gasteiger partial charge is 0.311 e. The zero-order chi connectivity index (χ0) is 12.9. The molecule has 104 valence electrons. The molecule has 0 bridgehead atoms. The van der Waals surface area contributed by atoms with Crippen LogP contribution < -0.4 is 5.32 Å². The maximum Gasteiger partial charge on any atom is 0.0244 e. The number of piperazine rings is 1. The highest BCUT2D eigenvalue weighted by molar-refractivity contribution is 5.02. The van der Waals surface area contributed by atoms with Gasteiger partial charge >= 0.3 is 0 Å². The molecule has 2 saturated carbocycles. The van der Waals surface area contributed by atoms with Crippen molar-refractivity contribution in [2.45, 2.75) is 71.5 Å². The van der Waals surface area contributed by atoms with Crippen LogP contribution in [0.25, 0.3) is 0 Å². The molecule has 0 aromatic heterocycles. The number of hydrogen-bond donors (Lipinski definition) is 1. The predicted molar refractivity (Wildman–Crippen MR) is 76.6 cm³/mol. The first-order valence-electron chi connectivity index (χ1n) is 7.96. The predicted octanol–water partition coefficient (Wildman–Crippen LogP) is 2.88.